The van der Waals surface area contributed by atoms with E-state index in [1.54, 1.807) is 0 Å². The molecule has 6 nitrogen and oxygen atoms in total. The van der Waals surface area contributed by atoms with E-state index in [1.807, 2.05) is 0 Å². The molecule has 0 N–H and O–H groups in total. The van der Waals surface area contributed by atoms with Gasteiger partial charge in [-0.3, -0.25) is 0 Å². The van der Waals surface area contributed by atoms with Gasteiger partial charge in [-0.1, -0.05) is 132 Å². The maximum absolute atomic E-state index is 11.3. The van der Waals surface area contributed by atoms with Crippen LogP contribution in [0.3, 0.4) is 0 Å². The van der Waals surface area contributed by atoms with E-state index in [0.717, 1.165) is 106 Å². The summed E-state index contributed by atoms with van der Waals surface area (Å²) in [7, 11) is 0. The molecule has 0 bridgehead atoms. The van der Waals surface area contributed by atoms with E-state index in [4.69, 9.17) is 0 Å². The molecule has 3 aromatic heterocycles. The summed E-state index contributed by atoms with van der Waals surface area (Å²) >= 11 is 0. The number of fused-ring (bicyclic) bond motifs is 9. The van der Waals surface area contributed by atoms with Crippen LogP contribution in [-0.4, -0.2) is 13.7 Å². The fraction of sp³-hybridized carbons (Fsp3) is 0.0290. The van der Waals surface area contributed by atoms with Crippen LogP contribution in [-0.2, 0) is 0 Å². The van der Waals surface area contributed by atoms with Crippen molar-refractivity contribution in [3.05, 3.63) is 271 Å². The van der Waals surface area contributed by atoms with Gasteiger partial charge in [0, 0.05) is 66.4 Å². The second kappa shape index (κ2) is 17.6. The third kappa shape index (κ3) is 7.09. The molecule has 6 heteroatoms. The number of aromatic nitrogens is 3. The van der Waals surface area contributed by atoms with Gasteiger partial charge in [-0.15, -0.1) is 0 Å². The maximum Gasteiger partial charge on any atom is 0.0993 e. The monoisotopic (exact) mass is 960 g/mol. The minimum atomic E-state index is 0.556. The zero-order valence-corrected chi connectivity index (χ0v) is 41.4. The lowest BCUT2D eigenvalue weighted by atomic mass is 10.1. The Balaban J connectivity index is 1.10. The molecular formula is C69H48N6. The molecule has 0 saturated heterocycles. The van der Waals surface area contributed by atoms with Crippen molar-refractivity contribution in [1.29, 1.82) is 5.26 Å². The Hall–Kier alpha value is -10.1. The number of benzene rings is 11. The molecule has 354 valence electrons. The lowest BCUT2D eigenvalue weighted by molar-refractivity contribution is 1.05. The van der Waals surface area contributed by atoms with E-state index in [9.17, 15) is 5.26 Å². The molecule has 3 heterocycles. The van der Waals surface area contributed by atoms with Gasteiger partial charge in [0.1, 0.15) is 0 Å². The number of para-hydroxylation sites is 6. The van der Waals surface area contributed by atoms with E-state index in [1.165, 1.54) is 21.9 Å². The molecular weight excluding hydrogens is 913 g/mol. The van der Waals surface area contributed by atoms with Gasteiger partial charge in [0.25, 0.3) is 0 Å². The summed E-state index contributed by atoms with van der Waals surface area (Å²) in [5, 5.41) is 18.1. The highest BCUT2D eigenvalue weighted by Crippen LogP contribution is 2.46. The Morgan fingerprint density at radius 3 is 1.00 bits per heavy atom. The predicted molar refractivity (Wildman–Crippen MR) is 313 cm³/mol. The van der Waals surface area contributed by atoms with Crippen molar-refractivity contribution in [2.45, 2.75) is 13.8 Å². The van der Waals surface area contributed by atoms with Gasteiger partial charge in [-0.25, -0.2) is 0 Å². The lowest BCUT2D eigenvalue weighted by Crippen LogP contribution is -2.11. The molecule has 0 radical (unpaired) electrons. The average Bonchev–Trinajstić information content (AvgIpc) is 4.15. The Morgan fingerprint density at radius 2 is 0.613 bits per heavy atom. The van der Waals surface area contributed by atoms with E-state index in [0.29, 0.717) is 5.56 Å². The highest BCUT2D eigenvalue weighted by Gasteiger charge is 2.27. The van der Waals surface area contributed by atoms with Crippen molar-refractivity contribution in [2.24, 2.45) is 0 Å². The Kier molecular flexibility index (Phi) is 10.2. The van der Waals surface area contributed by atoms with Crippen LogP contribution in [0.25, 0.3) is 82.5 Å². The summed E-state index contributed by atoms with van der Waals surface area (Å²) in [6.45, 7) is 4.34. The second-order valence-corrected chi connectivity index (χ2v) is 19.5. The van der Waals surface area contributed by atoms with Crippen molar-refractivity contribution in [3.63, 3.8) is 0 Å². The van der Waals surface area contributed by atoms with Crippen LogP contribution < -0.4 is 9.80 Å². The van der Waals surface area contributed by atoms with Gasteiger partial charge in [-0.05, 0) is 147 Å². The van der Waals surface area contributed by atoms with Gasteiger partial charge in [0.15, 0.2) is 0 Å². The molecule has 14 aromatic rings. The second-order valence-electron chi connectivity index (χ2n) is 19.5. The molecule has 0 spiro atoms. The van der Waals surface area contributed by atoms with Crippen LogP contribution in [0.15, 0.2) is 255 Å². The molecule has 0 amide bonds. The van der Waals surface area contributed by atoms with Gasteiger partial charge in [0.05, 0.1) is 61.8 Å². The molecule has 0 unspecified atom stereocenters. The lowest BCUT2D eigenvalue weighted by Gasteiger charge is -2.26. The van der Waals surface area contributed by atoms with Crippen LogP contribution in [0.5, 0.6) is 0 Å². The zero-order valence-electron chi connectivity index (χ0n) is 41.4. The third-order valence-electron chi connectivity index (χ3n) is 14.9. The normalized spacial score (nSPS) is 11.6. The smallest absolute Gasteiger partial charge is 0.0993 e. The Morgan fingerprint density at radius 1 is 0.293 bits per heavy atom. The summed E-state index contributed by atoms with van der Waals surface area (Å²) < 4.78 is 7.25. The number of hydrogen-bond acceptors (Lipinski definition) is 3. The van der Waals surface area contributed by atoms with Crippen molar-refractivity contribution >= 4 is 99.5 Å². The van der Waals surface area contributed by atoms with Crippen molar-refractivity contribution < 1.29 is 0 Å². The topological polar surface area (TPSA) is 45.1 Å². The van der Waals surface area contributed by atoms with Crippen LogP contribution in [0.2, 0.25) is 0 Å². The molecule has 0 aliphatic heterocycles. The van der Waals surface area contributed by atoms with Crippen LogP contribution in [0.1, 0.15) is 16.7 Å². The van der Waals surface area contributed by atoms with E-state index >= 15 is 0 Å². The summed E-state index contributed by atoms with van der Waals surface area (Å²) in [5.41, 5.74) is 18.4. The van der Waals surface area contributed by atoms with Gasteiger partial charge >= 0.3 is 0 Å². The SMILES string of the molecule is Cc1ccc2c(c1)c1cc(C)ccc1n2-c1c(-n2c3ccccc3c3cc(N(c4ccccc4)c4ccccc4)ccc32)cc(C#N)cc1-n1c2ccccc2c2cc(N(c3ccccc3)c3ccccc3)ccc21. The van der Waals surface area contributed by atoms with Crippen LogP contribution in [0.4, 0.5) is 34.1 Å². The van der Waals surface area contributed by atoms with Gasteiger partial charge in [0.2, 0.25) is 0 Å². The standard InChI is InChI=1S/C69H48N6/c1-46-31-35-65-57(39-46)58-40-47(2)32-36-66(58)75(65)69-67(73-61-29-17-15-27-55(61)59-43-53(33-37-63(59)73)71(49-19-7-3-8-20-49)50-21-9-4-10-22-50)41-48(45-70)42-68(69)74-62-30-18-16-28-56(62)60-44-54(34-38-64(60)74)72(51-23-11-5-12-24-51)52-25-13-6-14-26-52/h3-44H,1-2H3. The summed E-state index contributed by atoms with van der Waals surface area (Å²) in [5.74, 6) is 0. The Bertz CT molecular complexity index is 4200. The number of anilines is 6. The summed E-state index contributed by atoms with van der Waals surface area (Å²) in [6.07, 6.45) is 0. The van der Waals surface area contributed by atoms with Crippen LogP contribution >= 0.6 is 0 Å². The van der Waals surface area contributed by atoms with Gasteiger partial charge in [-0.2, -0.15) is 5.26 Å². The first-order valence-corrected chi connectivity index (χ1v) is 25.5. The first-order chi connectivity index (χ1) is 37.0. The molecule has 0 aliphatic carbocycles. The Labute approximate surface area is 434 Å². The average molecular weight is 961 g/mol. The molecule has 75 heavy (non-hydrogen) atoms. The molecule has 0 fully saturated rings. The zero-order chi connectivity index (χ0) is 50.1. The predicted octanol–water partition coefficient (Wildman–Crippen LogP) is 18.4. The summed E-state index contributed by atoms with van der Waals surface area (Å²) in [4.78, 5) is 4.64. The van der Waals surface area contributed by atoms with Crippen molar-refractivity contribution in [2.75, 3.05) is 9.80 Å². The van der Waals surface area contributed by atoms with E-state index in [2.05, 4.69) is 298 Å². The largest absolute Gasteiger partial charge is 0.310 e. The number of nitriles is 1. The quantitative estimate of drug-likeness (QED) is 0.145. The van der Waals surface area contributed by atoms with Crippen molar-refractivity contribution in [1.82, 2.24) is 13.7 Å². The molecule has 0 saturated carbocycles. The minimum Gasteiger partial charge on any atom is -0.310 e. The highest BCUT2D eigenvalue weighted by atomic mass is 15.2. The fourth-order valence-electron chi connectivity index (χ4n) is 11.7. The van der Waals surface area contributed by atoms with E-state index in [-0.39, 0.29) is 0 Å². The fourth-order valence-corrected chi connectivity index (χ4v) is 11.7. The van der Waals surface area contributed by atoms with Crippen molar-refractivity contribution in [3.8, 4) is 23.1 Å². The minimum absolute atomic E-state index is 0.556. The molecule has 0 atom stereocenters. The first kappa shape index (κ1) is 43.7. The summed E-state index contributed by atoms with van der Waals surface area (Å²) in [6, 6.07) is 93.8. The number of rotatable bonds is 9. The van der Waals surface area contributed by atoms with Crippen LogP contribution in [0, 0.1) is 25.2 Å². The number of nitrogens with zero attached hydrogens (tertiary/aromatic N) is 6. The van der Waals surface area contributed by atoms with E-state index < -0.39 is 0 Å². The molecule has 11 aromatic carbocycles. The first-order valence-electron chi connectivity index (χ1n) is 25.5. The van der Waals surface area contributed by atoms with Gasteiger partial charge < -0.3 is 23.5 Å². The molecule has 14 rings (SSSR count). The number of hydrogen-bond donors (Lipinski definition) is 0. The molecule has 0 aliphatic rings. The number of aryl methyl sites for hydroxylation is 2. The highest BCUT2D eigenvalue weighted by molar-refractivity contribution is 6.15. The third-order valence-corrected chi connectivity index (χ3v) is 14.9. The maximum atomic E-state index is 11.3.